The van der Waals surface area contributed by atoms with Crippen LogP contribution < -0.4 is 16.0 Å². The van der Waals surface area contributed by atoms with Crippen LogP contribution in [0.25, 0.3) is 10.8 Å². The van der Waals surface area contributed by atoms with Crippen molar-refractivity contribution >= 4 is 28.4 Å². The summed E-state index contributed by atoms with van der Waals surface area (Å²) in [6, 6.07) is 13.7. The van der Waals surface area contributed by atoms with Gasteiger partial charge in [0.25, 0.3) is 0 Å². The van der Waals surface area contributed by atoms with E-state index in [0.29, 0.717) is 6.54 Å². The first-order chi connectivity index (χ1) is 14.1. The molecular weight excluding hydrogens is 362 g/mol. The summed E-state index contributed by atoms with van der Waals surface area (Å²) in [7, 11) is 0. The second kappa shape index (κ2) is 7.36. The molecule has 2 aromatic rings. The van der Waals surface area contributed by atoms with E-state index in [1.807, 2.05) is 42.5 Å². The predicted molar refractivity (Wildman–Crippen MR) is 115 cm³/mol. The molecule has 5 heteroatoms. The van der Waals surface area contributed by atoms with E-state index in [0.717, 1.165) is 53.5 Å². The highest BCUT2D eigenvalue weighted by Crippen LogP contribution is 2.55. The molecule has 4 fully saturated rings. The third-order valence-electron chi connectivity index (χ3n) is 7.12. The van der Waals surface area contributed by atoms with E-state index >= 15 is 0 Å². The fourth-order valence-corrected chi connectivity index (χ4v) is 6.39. The van der Waals surface area contributed by atoms with Crippen LogP contribution in [-0.4, -0.2) is 24.0 Å². The molecule has 0 unspecified atom stereocenters. The van der Waals surface area contributed by atoms with Crippen molar-refractivity contribution in [2.24, 2.45) is 17.8 Å². The SMILES string of the molecule is O=C(CCNC(=O)NC12CC3CC(CC(C3)C1)C2)Nc1cccc2ccccc12. The molecule has 0 spiro atoms. The summed E-state index contributed by atoms with van der Waals surface area (Å²) in [4.78, 5) is 24.9. The molecule has 0 aromatic heterocycles. The monoisotopic (exact) mass is 391 g/mol. The maximum absolute atomic E-state index is 12.5. The van der Waals surface area contributed by atoms with Crippen LogP contribution in [0.4, 0.5) is 10.5 Å². The molecule has 0 radical (unpaired) electrons. The van der Waals surface area contributed by atoms with Crippen molar-refractivity contribution < 1.29 is 9.59 Å². The van der Waals surface area contributed by atoms with Crippen LogP contribution in [0.5, 0.6) is 0 Å². The average molecular weight is 392 g/mol. The smallest absolute Gasteiger partial charge is 0.315 e. The Balaban J connectivity index is 1.12. The lowest BCUT2D eigenvalue weighted by molar-refractivity contribution is -0.116. The molecular formula is C24H29N3O2. The van der Waals surface area contributed by atoms with Gasteiger partial charge in [0.1, 0.15) is 0 Å². The molecule has 4 bridgehead atoms. The molecule has 0 atom stereocenters. The highest BCUT2D eigenvalue weighted by Gasteiger charge is 2.51. The Bertz CT molecular complexity index is 898. The van der Waals surface area contributed by atoms with Crippen molar-refractivity contribution in [2.75, 3.05) is 11.9 Å². The number of rotatable bonds is 5. The summed E-state index contributed by atoms with van der Waals surface area (Å²) in [6.07, 6.45) is 7.73. The van der Waals surface area contributed by atoms with Crippen LogP contribution in [0.1, 0.15) is 44.9 Å². The summed E-state index contributed by atoms with van der Waals surface area (Å²) in [5.41, 5.74) is 0.815. The van der Waals surface area contributed by atoms with Gasteiger partial charge in [-0.3, -0.25) is 4.79 Å². The van der Waals surface area contributed by atoms with Crippen LogP contribution >= 0.6 is 0 Å². The molecule has 152 valence electrons. The first-order valence-electron chi connectivity index (χ1n) is 10.9. The van der Waals surface area contributed by atoms with E-state index in [1.165, 1.54) is 19.3 Å². The van der Waals surface area contributed by atoms with Crippen LogP contribution in [-0.2, 0) is 4.79 Å². The second-order valence-electron chi connectivity index (χ2n) is 9.40. The van der Waals surface area contributed by atoms with E-state index in [2.05, 4.69) is 16.0 Å². The van der Waals surface area contributed by atoms with Gasteiger partial charge in [-0.1, -0.05) is 36.4 Å². The van der Waals surface area contributed by atoms with Crippen molar-refractivity contribution in [3.8, 4) is 0 Å². The van der Waals surface area contributed by atoms with Crippen molar-refractivity contribution in [1.82, 2.24) is 10.6 Å². The first-order valence-corrected chi connectivity index (χ1v) is 10.9. The molecule has 4 aliphatic rings. The van der Waals surface area contributed by atoms with Crippen molar-refractivity contribution in [1.29, 1.82) is 0 Å². The number of nitrogens with one attached hydrogen (secondary N) is 3. The molecule has 0 saturated heterocycles. The fourth-order valence-electron chi connectivity index (χ4n) is 6.39. The second-order valence-corrected chi connectivity index (χ2v) is 9.40. The minimum atomic E-state index is -0.120. The molecule has 3 amide bonds. The topological polar surface area (TPSA) is 70.2 Å². The average Bonchev–Trinajstić information content (AvgIpc) is 2.67. The third kappa shape index (κ3) is 3.83. The quantitative estimate of drug-likeness (QED) is 0.705. The molecule has 0 heterocycles. The molecule has 0 aliphatic heterocycles. The molecule has 4 saturated carbocycles. The zero-order valence-electron chi connectivity index (χ0n) is 16.7. The van der Waals surface area contributed by atoms with Crippen LogP contribution in [0, 0.1) is 17.8 Å². The summed E-state index contributed by atoms with van der Waals surface area (Å²) < 4.78 is 0. The van der Waals surface area contributed by atoms with E-state index < -0.39 is 0 Å². The first kappa shape index (κ1) is 18.5. The maximum atomic E-state index is 12.5. The lowest BCUT2D eigenvalue weighted by Crippen LogP contribution is -2.61. The maximum Gasteiger partial charge on any atom is 0.315 e. The Labute approximate surface area is 171 Å². The van der Waals surface area contributed by atoms with Crippen molar-refractivity contribution in [3.05, 3.63) is 42.5 Å². The van der Waals surface area contributed by atoms with Gasteiger partial charge in [0, 0.05) is 29.6 Å². The highest BCUT2D eigenvalue weighted by atomic mass is 16.2. The predicted octanol–water partition coefficient (Wildman–Crippen LogP) is 4.44. The van der Waals surface area contributed by atoms with Gasteiger partial charge in [-0.15, -0.1) is 0 Å². The molecule has 4 aliphatic carbocycles. The summed E-state index contributed by atoms with van der Waals surface area (Å²) >= 11 is 0. The molecule has 2 aromatic carbocycles. The molecule has 29 heavy (non-hydrogen) atoms. The standard InChI is InChI=1S/C24H29N3O2/c28-22(26-21-7-3-5-19-4-1-2-6-20(19)21)8-9-25-23(29)27-24-13-16-10-17(14-24)12-18(11-16)15-24/h1-7,16-18H,8-15H2,(H,26,28)(H2,25,27,29). The number of carbonyl (C=O) groups excluding carboxylic acids is 2. The Morgan fingerprint density at radius 1 is 0.897 bits per heavy atom. The third-order valence-corrected chi connectivity index (χ3v) is 7.12. The van der Waals surface area contributed by atoms with E-state index in [1.54, 1.807) is 0 Å². The Hall–Kier alpha value is -2.56. The molecule has 3 N–H and O–H groups in total. The van der Waals surface area contributed by atoms with Crippen LogP contribution in [0.3, 0.4) is 0 Å². The van der Waals surface area contributed by atoms with Gasteiger partial charge >= 0.3 is 6.03 Å². The zero-order chi connectivity index (χ0) is 19.8. The largest absolute Gasteiger partial charge is 0.338 e. The Morgan fingerprint density at radius 3 is 2.28 bits per heavy atom. The Kier molecular flexibility index (Phi) is 4.69. The summed E-state index contributed by atoms with van der Waals surface area (Å²) in [6.45, 7) is 0.342. The van der Waals surface area contributed by atoms with Gasteiger partial charge in [-0.2, -0.15) is 0 Å². The van der Waals surface area contributed by atoms with E-state index in [9.17, 15) is 9.59 Å². The van der Waals surface area contributed by atoms with E-state index in [-0.39, 0.29) is 23.9 Å². The number of amides is 3. The van der Waals surface area contributed by atoms with Crippen molar-refractivity contribution in [3.63, 3.8) is 0 Å². The number of carbonyl (C=O) groups is 2. The normalized spacial score (nSPS) is 29.6. The minimum Gasteiger partial charge on any atom is -0.338 e. The number of hydrogen-bond donors (Lipinski definition) is 3. The lowest BCUT2D eigenvalue weighted by Gasteiger charge is -2.56. The van der Waals surface area contributed by atoms with Crippen LogP contribution in [0.15, 0.2) is 42.5 Å². The number of urea groups is 1. The van der Waals surface area contributed by atoms with Crippen LogP contribution in [0.2, 0.25) is 0 Å². The van der Waals surface area contributed by atoms with Gasteiger partial charge in [0.15, 0.2) is 0 Å². The van der Waals surface area contributed by atoms with Gasteiger partial charge in [-0.05, 0) is 67.7 Å². The number of fused-ring (bicyclic) bond motifs is 1. The summed E-state index contributed by atoms with van der Waals surface area (Å²) in [5, 5.41) is 11.3. The summed E-state index contributed by atoms with van der Waals surface area (Å²) in [5.74, 6) is 2.31. The van der Waals surface area contributed by atoms with Gasteiger partial charge < -0.3 is 16.0 Å². The number of hydrogen-bond acceptors (Lipinski definition) is 2. The van der Waals surface area contributed by atoms with Gasteiger partial charge in [0.2, 0.25) is 5.91 Å². The lowest BCUT2D eigenvalue weighted by atomic mass is 9.53. The van der Waals surface area contributed by atoms with Crippen molar-refractivity contribution in [2.45, 2.75) is 50.5 Å². The number of benzene rings is 2. The minimum absolute atomic E-state index is 0.00401. The fraction of sp³-hybridized carbons (Fsp3) is 0.500. The van der Waals surface area contributed by atoms with Gasteiger partial charge in [0.05, 0.1) is 0 Å². The molecule has 5 nitrogen and oxygen atoms in total. The van der Waals surface area contributed by atoms with Gasteiger partial charge in [-0.25, -0.2) is 4.79 Å². The van der Waals surface area contributed by atoms with E-state index in [4.69, 9.17) is 0 Å². The molecule has 6 rings (SSSR count). The zero-order valence-corrected chi connectivity index (χ0v) is 16.7. The highest BCUT2D eigenvalue weighted by molar-refractivity contribution is 6.02. The number of anilines is 1. The Morgan fingerprint density at radius 2 is 1.55 bits per heavy atom.